The molecule has 0 aliphatic carbocycles. The molecule has 0 aromatic rings. The monoisotopic (exact) mass is 369 g/mol. The van der Waals surface area contributed by atoms with Crippen LogP contribution in [0.4, 0.5) is 4.79 Å². The van der Waals surface area contributed by atoms with E-state index >= 15 is 0 Å². The molecule has 0 aromatic heterocycles. The van der Waals surface area contributed by atoms with Crippen molar-refractivity contribution in [1.82, 2.24) is 20.4 Å². The molecule has 26 heavy (non-hydrogen) atoms. The summed E-state index contributed by atoms with van der Waals surface area (Å²) in [5.74, 6) is 1.13. The van der Waals surface area contributed by atoms with Crippen molar-refractivity contribution in [1.29, 1.82) is 0 Å². The number of carbonyl (C=O) groups is 2. The van der Waals surface area contributed by atoms with Crippen molar-refractivity contribution < 1.29 is 14.3 Å². The number of alkyl carbamates (subject to hydrolysis) is 1. The lowest BCUT2D eigenvalue weighted by Crippen LogP contribution is -2.45. The maximum absolute atomic E-state index is 11.9. The van der Waals surface area contributed by atoms with Gasteiger partial charge in [0.05, 0.1) is 6.04 Å². The second kappa shape index (κ2) is 9.64. The highest BCUT2D eigenvalue weighted by Crippen LogP contribution is 2.12. The summed E-state index contributed by atoms with van der Waals surface area (Å²) in [6.07, 6.45) is 0.407. The van der Waals surface area contributed by atoms with Gasteiger partial charge in [0.15, 0.2) is 5.96 Å². The Kier molecular flexibility index (Phi) is 8.17. The molecule has 1 fully saturated rings. The maximum atomic E-state index is 11.9. The minimum Gasteiger partial charge on any atom is -0.444 e. The zero-order valence-electron chi connectivity index (χ0n) is 17.3. The van der Waals surface area contributed by atoms with Crippen molar-refractivity contribution in [3.8, 4) is 0 Å². The number of nitrogens with zero attached hydrogens (tertiary/aromatic N) is 3. The van der Waals surface area contributed by atoms with Gasteiger partial charge in [-0.2, -0.15) is 0 Å². The van der Waals surface area contributed by atoms with Crippen LogP contribution in [0.15, 0.2) is 4.99 Å². The minimum absolute atomic E-state index is 0.000417. The lowest BCUT2D eigenvalue weighted by atomic mass is 10.2. The van der Waals surface area contributed by atoms with E-state index in [0.29, 0.717) is 18.4 Å². The number of hydrogen-bond donors (Lipinski definition) is 2. The van der Waals surface area contributed by atoms with Gasteiger partial charge < -0.3 is 25.2 Å². The quantitative estimate of drug-likeness (QED) is 0.563. The molecular weight excluding hydrogens is 334 g/mol. The third kappa shape index (κ3) is 8.40. The largest absolute Gasteiger partial charge is 0.444 e. The van der Waals surface area contributed by atoms with E-state index in [1.807, 2.05) is 20.8 Å². The van der Waals surface area contributed by atoms with Crippen LogP contribution in [-0.2, 0) is 9.53 Å². The molecule has 2 N–H and O–H groups in total. The predicted molar refractivity (Wildman–Crippen MR) is 103 cm³/mol. The highest BCUT2D eigenvalue weighted by Gasteiger charge is 2.28. The summed E-state index contributed by atoms with van der Waals surface area (Å²) < 4.78 is 5.32. The molecule has 1 aliphatic heterocycles. The van der Waals surface area contributed by atoms with Crippen molar-refractivity contribution in [2.75, 3.05) is 40.3 Å². The molecule has 2 amide bonds. The standard InChI is InChI=1S/C18H35N5O3/c1-13(2)10-19-16(20-11-15(24)22(6)7)23-9-8-14(12-23)21-17(25)26-18(3,4)5/h13-14H,8-12H2,1-7H3,(H,19,20)(H,21,25). The number of carbonyl (C=O) groups excluding carboxylic acids is 2. The highest BCUT2D eigenvalue weighted by molar-refractivity contribution is 5.85. The van der Waals surface area contributed by atoms with Crippen LogP contribution < -0.4 is 10.6 Å². The zero-order valence-corrected chi connectivity index (χ0v) is 17.3. The summed E-state index contributed by atoms with van der Waals surface area (Å²) >= 11 is 0. The Balaban J connectivity index is 2.66. The first-order valence-corrected chi connectivity index (χ1v) is 9.21. The number of aliphatic imine (C=N–C) groups is 1. The van der Waals surface area contributed by atoms with E-state index < -0.39 is 11.7 Å². The first-order valence-electron chi connectivity index (χ1n) is 9.21. The SMILES string of the molecule is CC(C)CNC(=NCC(=O)N(C)C)N1CCC(NC(=O)OC(C)(C)C)C1. The van der Waals surface area contributed by atoms with Gasteiger partial charge in [-0.1, -0.05) is 13.8 Å². The Labute approximate surface area is 157 Å². The van der Waals surface area contributed by atoms with Crippen molar-refractivity contribution >= 4 is 18.0 Å². The second-order valence-electron chi connectivity index (χ2n) is 8.28. The lowest BCUT2D eigenvalue weighted by molar-refractivity contribution is -0.127. The Hall–Kier alpha value is -1.99. The molecule has 1 saturated heterocycles. The van der Waals surface area contributed by atoms with Gasteiger partial charge in [-0.3, -0.25) is 4.79 Å². The van der Waals surface area contributed by atoms with Crippen LogP contribution in [0.1, 0.15) is 41.0 Å². The molecule has 8 nitrogen and oxygen atoms in total. The van der Waals surface area contributed by atoms with Crippen LogP contribution in [-0.4, -0.2) is 79.7 Å². The molecule has 1 unspecified atom stereocenters. The Bertz CT molecular complexity index is 511. The zero-order chi connectivity index (χ0) is 19.9. The van der Waals surface area contributed by atoms with E-state index in [-0.39, 0.29) is 18.5 Å². The van der Waals surface area contributed by atoms with Gasteiger partial charge in [0.2, 0.25) is 5.91 Å². The summed E-state index contributed by atoms with van der Waals surface area (Å²) in [5, 5.41) is 6.24. The summed E-state index contributed by atoms with van der Waals surface area (Å²) in [4.78, 5) is 31.9. The lowest BCUT2D eigenvalue weighted by Gasteiger charge is -2.24. The van der Waals surface area contributed by atoms with Gasteiger partial charge in [-0.15, -0.1) is 0 Å². The predicted octanol–water partition coefficient (Wildman–Crippen LogP) is 1.28. The Morgan fingerprint density at radius 1 is 1.31 bits per heavy atom. The molecule has 0 saturated carbocycles. The van der Waals surface area contributed by atoms with Crippen molar-refractivity contribution in [3.05, 3.63) is 0 Å². The van der Waals surface area contributed by atoms with Gasteiger partial charge in [-0.05, 0) is 33.1 Å². The number of hydrogen-bond acceptors (Lipinski definition) is 4. The fourth-order valence-corrected chi connectivity index (χ4v) is 2.39. The number of guanidine groups is 1. The number of ether oxygens (including phenoxy) is 1. The summed E-state index contributed by atoms with van der Waals surface area (Å²) in [6, 6.07) is 0.000417. The van der Waals surface area contributed by atoms with Crippen molar-refractivity contribution in [2.45, 2.75) is 52.7 Å². The molecule has 8 heteroatoms. The fourth-order valence-electron chi connectivity index (χ4n) is 2.39. The molecule has 1 rings (SSSR count). The van der Waals surface area contributed by atoms with E-state index in [1.165, 1.54) is 4.90 Å². The highest BCUT2D eigenvalue weighted by atomic mass is 16.6. The molecule has 1 heterocycles. The van der Waals surface area contributed by atoms with Crippen LogP contribution >= 0.6 is 0 Å². The fraction of sp³-hybridized carbons (Fsp3) is 0.833. The second-order valence-corrected chi connectivity index (χ2v) is 8.28. The molecule has 0 aromatic carbocycles. The topological polar surface area (TPSA) is 86.3 Å². The average Bonchev–Trinajstić information content (AvgIpc) is 2.92. The molecule has 0 radical (unpaired) electrons. The summed E-state index contributed by atoms with van der Waals surface area (Å²) in [7, 11) is 3.44. The van der Waals surface area contributed by atoms with Gasteiger partial charge in [0, 0.05) is 33.7 Å². The Morgan fingerprint density at radius 2 is 1.96 bits per heavy atom. The normalized spacial score (nSPS) is 18.1. The summed E-state index contributed by atoms with van der Waals surface area (Å²) in [6.45, 7) is 12.0. The van der Waals surface area contributed by atoms with Gasteiger partial charge >= 0.3 is 6.09 Å². The number of likely N-dealkylation sites (tertiary alicyclic amines) is 1. The van der Waals surface area contributed by atoms with Crippen molar-refractivity contribution in [2.24, 2.45) is 10.9 Å². The van der Waals surface area contributed by atoms with Crippen molar-refractivity contribution in [3.63, 3.8) is 0 Å². The van der Waals surface area contributed by atoms with Gasteiger partial charge in [0.1, 0.15) is 12.1 Å². The number of amides is 2. The van der Waals surface area contributed by atoms with E-state index in [1.54, 1.807) is 14.1 Å². The molecule has 1 atom stereocenters. The third-order valence-electron chi connectivity index (χ3n) is 3.74. The van der Waals surface area contributed by atoms with Gasteiger partial charge in [0.25, 0.3) is 0 Å². The van der Waals surface area contributed by atoms with Crippen LogP contribution in [0.5, 0.6) is 0 Å². The minimum atomic E-state index is -0.514. The average molecular weight is 370 g/mol. The van der Waals surface area contributed by atoms with Crippen LogP contribution in [0, 0.1) is 5.92 Å². The van der Waals surface area contributed by atoms with Crippen LogP contribution in [0.3, 0.4) is 0 Å². The third-order valence-corrected chi connectivity index (χ3v) is 3.74. The number of nitrogens with one attached hydrogen (secondary N) is 2. The van der Waals surface area contributed by atoms with E-state index in [9.17, 15) is 9.59 Å². The van der Waals surface area contributed by atoms with Crippen LogP contribution in [0.25, 0.3) is 0 Å². The smallest absolute Gasteiger partial charge is 0.407 e. The molecular formula is C18H35N5O3. The maximum Gasteiger partial charge on any atom is 0.407 e. The molecule has 0 bridgehead atoms. The van der Waals surface area contributed by atoms with Crippen LogP contribution in [0.2, 0.25) is 0 Å². The first-order chi connectivity index (χ1) is 12.0. The number of rotatable bonds is 5. The van der Waals surface area contributed by atoms with Gasteiger partial charge in [-0.25, -0.2) is 9.79 Å². The Morgan fingerprint density at radius 3 is 2.50 bits per heavy atom. The van der Waals surface area contributed by atoms with E-state index in [4.69, 9.17) is 4.74 Å². The van der Waals surface area contributed by atoms with E-state index in [0.717, 1.165) is 19.5 Å². The molecule has 0 spiro atoms. The molecule has 150 valence electrons. The summed E-state index contributed by atoms with van der Waals surface area (Å²) in [5.41, 5.74) is -0.514. The first kappa shape index (κ1) is 22.1. The van der Waals surface area contributed by atoms with E-state index in [2.05, 4.69) is 34.4 Å². The molecule has 1 aliphatic rings. The number of likely N-dealkylation sites (N-methyl/N-ethyl adjacent to an activating group) is 1.